The number of fused-ring (bicyclic) bond motifs is 1. The van der Waals surface area contributed by atoms with Crippen molar-refractivity contribution in [2.45, 2.75) is 56.1 Å². The molecular formula is C18H22O2S2. The molecule has 0 radical (unpaired) electrons. The van der Waals surface area contributed by atoms with Gasteiger partial charge in [0.25, 0.3) is 0 Å². The molecular weight excluding hydrogens is 312 g/mol. The normalized spacial score (nSPS) is 20.6. The van der Waals surface area contributed by atoms with E-state index >= 15 is 0 Å². The Bertz CT molecular complexity index is 796. The zero-order chi connectivity index (χ0) is 16.1. The van der Waals surface area contributed by atoms with Gasteiger partial charge in [0.15, 0.2) is 9.84 Å². The number of benzene rings is 1. The van der Waals surface area contributed by atoms with E-state index in [0.29, 0.717) is 11.3 Å². The molecule has 0 saturated carbocycles. The quantitative estimate of drug-likeness (QED) is 0.778. The molecule has 0 bridgehead atoms. The molecule has 1 aliphatic carbocycles. The monoisotopic (exact) mass is 334 g/mol. The Labute approximate surface area is 137 Å². The Morgan fingerprint density at radius 1 is 1.14 bits per heavy atom. The first-order valence-corrected chi connectivity index (χ1v) is 10.0. The van der Waals surface area contributed by atoms with E-state index in [-0.39, 0.29) is 5.41 Å². The molecule has 1 aromatic heterocycles. The highest BCUT2D eigenvalue weighted by molar-refractivity contribution is 7.91. The molecule has 118 valence electrons. The van der Waals surface area contributed by atoms with Gasteiger partial charge in [0, 0.05) is 4.88 Å². The van der Waals surface area contributed by atoms with Gasteiger partial charge in [-0.05, 0) is 60.7 Å². The highest BCUT2D eigenvalue weighted by atomic mass is 32.2. The molecule has 0 spiro atoms. The van der Waals surface area contributed by atoms with Crippen LogP contribution in [0.25, 0.3) is 0 Å². The molecule has 0 fully saturated rings. The minimum Gasteiger partial charge on any atom is -0.223 e. The summed E-state index contributed by atoms with van der Waals surface area (Å²) in [5.74, 6) is 0. The van der Waals surface area contributed by atoms with Crippen molar-refractivity contribution in [2.24, 2.45) is 0 Å². The van der Waals surface area contributed by atoms with E-state index in [4.69, 9.17) is 0 Å². The summed E-state index contributed by atoms with van der Waals surface area (Å²) in [6.07, 6.45) is 1.61. The number of sulfone groups is 1. The molecule has 4 heteroatoms. The molecule has 22 heavy (non-hydrogen) atoms. The van der Waals surface area contributed by atoms with E-state index in [1.54, 1.807) is 23.5 Å². The number of rotatable bonds is 2. The van der Waals surface area contributed by atoms with Crippen molar-refractivity contribution >= 4 is 21.2 Å². The molecule has 0 N–H and O–H groups in total. The lowest BCUT2D eigenvalue weighted by molar-refractivity contribution is 0.423. The zero-order valence-electron chi connectivity index (χ0n) is 13.5. The summed E-state index contributed by atoms with van der Waals surface area (Å²) in [5, 5.41) is 1.71. The second kappa shape index (κ2) is 5.20. The van der Waals surface area contributed by atoms with Crippen molar-refractivity contribution < 1.29 is 8.42 Å². The Balaban J connectivity index is 2.11. The fourth-order valence-electron chi connectivity index (χ4n) is 3.50. The maximum atomic E-state index is 13.1. The van der Waals surface area contributed by atoms with E-state index in [9.17, 15) is 8.42 Å². The number of thiophene rings is 1. The topological polar surface area (TPSA) is 34.1 Å². The minimum atomic E-state index is -3.32. The summed E-state index contributed by atoms with van der Waals surface area (Å²) >= 11 is 1.61. The van der Waals surface area contributed by atoms with Crippen LogP contribution < -0.4 is 0 Å². The molecule has 0 amide bonds. The van der Waals surface area contributed by atoms with Crippen LogP contribution in [0.5, 0.6) is 0 Å². The molecule has 1 atom stereocenters. The van der Waals surface area contributed by atoms with E-state index < -0.39 is 15.1 Å². The predicted molar refractivity (Wildman–Crippen MR) is 92.4 cm³/mol. The number of hydrogen-bond acceptors (Lipinski definition) is 3. The lowest BCUT2D eigenvalue weighted by Gasteiger charge is -2.35. The third-order valence-electron chi connectivity index (χ3n) is 4.73. The van der Waals surface area contributed by atoms with Crippen LogP contribution in [0.2, 0.25) is 0 Å². The van der Waals surface area contributed by atoms with Gasteiger partial charge in [-0.1, -0.05) is 31.5 Å². The molecule has 1 unspecified atom stereocenters. The van der Waals surface area contributed by atoms with Gasteiger partial charge in [-0.15, -0.1) is 11.3 Å². The summed E-state index contributed by atoms with van der Waals surface area (Å²) in [7, 11) is -3.32. The molecule has 1 aromatic carbocycles. The van der Waals surface area contributed by atoms with Gasteiger partial charge in [-0.2, -0.15) is 0 Å². The van der Waals surface area contributed by atoms with Gasteiger partial charge in [0.1, 0.15) is 5.25 Å². The minimum absolute atomic E-state index is 0.0682. The molecule has 1 aliphatic rings. The van der Waals surface area contributed by atoms with Crippen LogP contribution in [-0.4, -0.2) is 8.42 Å². The standard InChI is InChI=1S/C18H22O2S2/c1-12-5-7-14(8-6-12)22(19,20)15-9-10-18(3,4)16-13(2)11-21-17(15)16/h5-8,11,15H,9-10H2,1-4H3. The molecule has 0 saturated heterocycles. The Hall–Kier alpha value is -1.13. The van der Waals surface area contributed by atoms with Crippen LogP contribution in [-0.2, 0) is 15.3 Å². The highest BCUT2D eigenvalue weighted by Crippen LogP contribution is 2.50. The summed E-state index contributed by atoms with van der Waals surface area (Å²) < 4.78 is 26.2. The van der Waals surface area contributed by atoms with E-state index in [1.807, 2.05) is 19.1 Å². The Kier molecular flexibility index (Phi) is 3.73. The van der Waals surface area contributed by atoms with Gasteiger partial charge < -0.3 is 0 Å². The fourth-order valence-corrected chi connectivity index (χ4v) is 6.97. The van der Waals surface area contributed by atoms with Crippen molar-refractivity contribution in [3.8, 4) is 0 Å². The van der Waals surface area contributed by atoms with Crippen LogP contribution in [0.15, 0.2) is 34.5 Å². The molecule has 2 nitrogen and oxygen atoms in total. The molecule has 0 aliphatic heterocycles. The Morgan fingerprint density at radius 3 is 2.41 bits per heavy atom. The summed E-state index contributed by atoms with van der Waals surface area (Å²) in [4.78, 5) is 1.49. The maximum Gasteiger partial charge on any atom is 0.186 e. The van der Waals surface area contributed by atoms with Crippen LogP contribution >= 0.6 is 11.3 Å². The van der Waals surface area contributed by atoms with E-state index in [2.05, 4.69) is 26.2 Å². The summed E-state index contributed by atoms with van der Waals surface area (Å²) in [6, 6.07) is 7.23. The summed E-state index contributed by atoms with van der Waals surface area (Å²) in [5.41, 5.74) is 3.63. The largest absolute Gasteiger partial charge is 0.223 e. The van der Waals surface area contributed by atoms with Gasteiger partial charge >= 0.3 is 0 Å². The summed E-state index contributed by atoms with van der Waals surface area (Å²) in [6.45, 7) is 8.51. The van der Waals surface area contributed by atoms with E-state index in [1.165, 1.54) is 11.1 Å². The first-order chi connectivity index (χ1) is 10.2. The van der Waals surface area contributed by atoms with Crippen LogP contribution in [0.4, 0.5) is 0 Å². The van der Waals surface area contributed by atoms with Crippen molar-refractivity contribution in [1.82, 2.24) is 0 Å². The van der Waals surface area contributed by atoms with Gasteiger partial charge in [0.05, 0.1) is 4.90 Å². The van der Waals surface area contributed by atoms with Crippen molar-refractivity contribution in [2.75, 3.05) is 0 Å². The van der Waals surface area contributed by atoms with Crippen LogP contribution in [0.1, 0.15) is 53.5 Å². The van der Waals surface area contributed by atoms with Gasteiger partial charge in [-0.25, -0.2) is 8.42 Å². The van der Waals surface area contributed by atoms with Gasteiger partial charge in [0.2, 0.25) is 0 Å². The van der Waals surface area contributed by atoms with Crippen molar-refractivity contribution in [3.63, 3.8) is 0 Å². The van der Waals surface area contributed by atoms with Crippen molar-refractivity contribution in [3.05, 3.63) is 51.2 Å². The molecule has 3 rings (SSSR count). The number of aryl methyl sites for hydroxylation is 2. The third-order valence-corrected chi connectivity index (χ3v) is 8.24. The third kappa shape index (κ3) is 2.42. The van der Waals surface area contributed by atoms with Gasteiger partial charge in [-0.3, -0.25) is 0 Å². The zero-order valence-corrected chi connectivity index (χ0v) is 15.1. The number of hydrogen-bond donors (Lipinski definition) is 0. The maximum absolute atomic E-state index is 13.1. The second-order valence-corrected chi connectivity index (χ2v) is 9.97. The van der Waals surface area contributed by atoms with E-state index in [0.717, 1.165) is 16.9 Å². The first-order valence-electron chi connectivity index (χ1n) is 7.62. The molecule has 1 heterocycles. The molecule has 2 aromatic rings. The van der Waals surface area contributed by atoms with Crippen molar-refractivity contribution in [1.29, 1.82) is 0 Å². The van der Waals surface area contributed by atoms with Crippen LogP contribution in [0, 0.1) is 13.8 Å². The lowest BCUT2D eigenvalue weighted by Crippen LogP contribution is -2.28. The lowest BCUT2D eigenvalue weighted by atomic mass is 9.74. The first kappa shape index (κ1) is 15.8. The predicted octanol–water partition coefficient (Wildman–Crippen LogP) is 4.95. The van der Waals surface area contributed by atoms with Crippen LogP contribution in [0.3, 0.4) is 0 Å². The highest BCUT2D eigenvalue weighted by Gasteiger charge is 2.41. The average molecular weight is 335 g/mol. The fraction of sp³-hybridized carbons (Fsp3) is 0.444. The average Bonchev–Trinajstić information content (AvgIpc) is 2.82. The second-order valence-electron chi connectivity index (χ2n) is 6.93. The Morgan fingerprint density at radius 2 is 1.77 bits per heavy atom. The SMILES string of the molecule is Cc1ccc(S(=O)(=O)C2CCC(C)(C)c3c(C)csc32)cc1. The smallest absolute Gasteiger partial charge is 0.186 e.